The molecule has 3 rings (SSSR count). The predicted molar refractivity (Wildman–Crippen MR) is 81.1 cm³/mol. The fourth-order valence-electron chi connectivity index (χ4n) is 3.61. The number of nitrogens with one attached hydrogen (secondary N) is 1. The lowest BCUT2D eigenvalue weighted by Crippen LogP contribution is -2.52. The Hall–Kier alpha value is -1.56. The maximum absolute atomic E-state index is 12.1. The molecule has 2 saturated heterocycles. The largest absolute Gasteiger partial charge is 0.332 e. The van der Waals surface area contributed by atoms with Gasteiger partial charge in [0.25, 0.3) is 0 Å². The van der Waals surface area contributed by atoms with E-state index in [1.807, 2.05) is 22.8 Å². The molecule has 0 unspecified atom stereocenters. The number of hydrogen-bond donors (Lipinski definition) is 1. The normalized spacial score (nSPS) is 26.3. The first kappa shape index (κ1) is 14.4. The molecule has 0 saturated carbocycles. The molecule has 3 heterocycles. The van der Waals surface area contributed by atoms with E-state index in [0.29, 0.717) is 6.04 Å². The van der Waals surface area contributed by atoms with Gasteiger partial charge in [-0.15, -0.1) is 0 Å². The van der Waals surface area contributed by atoms with Gasteiger partial charge in [-0.2, -0.15) is 5.10 Å². The number of amides is 2. The molecule has 2 fully saturated rings. The fraction of sp³-hybridized carbons (Fsp3) is 0.733. The van der Waals surface area contributed by atoms with Gasteiger partial charge in [0.05, 0.1) is 12.1 Å². The van der Waals surface area contributed by atoms with Gasteiger partial charge in [0.1, 0.15) is 0 Å². The molecule has 6 heteroatoms. The zero-order valence-corrected chi connectivity index (χ0v) is 13.1. The summed E-state index contributed by atoms with van der Waals surface area (Å²) in [5.41, 5.74) is 1.26. The van der Waals surface area contributed by atoms with Crippen LogP contribution in [0.5, 0.6) is 0 Å². The summed E-state index contributed by atoms with van der Waals surface area (Å²) in [6.45, 7) is 7.24. The van der Waals surface area contributed by atoms with Crippen molar-refractivity contribution < 1.29 is 4.79 Å². The third-order valence-electron chi connectivity index (χ3n) is 4.72. The minimum atomic E-state index is 0.105. The van der Waals surface area contributed by atoms with Crippen LogP contribution in [0, 0.1) is 0 Å². The summed E-state index contributed by atoms with van der Waals surface area (Å²) in [4.78, 5) is 16.5. The van der Waals surface area contributed by atoms with Crippen LogP contribution >= 0.6 is 0 Å². The van der Waals surface area contributed by atoms with Gasteiger partial charge in [0.2, 0.25) is 0 Å². The molecule has 0 aliphatic carbocycles. The van der Waals surface area contributed by atoms with E-state index in [2.05, 4.69) is 35.2 Å². The Balaban J connectivity index is 1.56. The molecule has 1 aromatic rings. The Bertz CT molecular complexity index is 512. The van der Waals surface area contributed by atoms with Gasteiger partial charge in [-0.25, -0.2) is 4.79 Å². The number of fused-ring (bicyclic) bond motifs is 1. The number of hydrogen-bond acceptors (Lipinski definition) is 3. The third kappa shape index (κ3) is 2.77. The zero-order valence-electron chi connectivity index (χ0n) is 13.1. The molecule has 0 aromatic carbocycles. The summed E-state index contributed by atoms with van der Waals surface area (Å²) in [5, 5.41) is 7.36. The second-order valence-electron chi connectivity index (χ2n) is 6.41. The lowest BCUT2D eigenvalue weighted by molar-refractivity contribution is 0.127. The van der Waals surface area contributed by atoms with Crippen LogP contribution in [-0.2, 0) is 13.5 Å². The Morgan fingerprint density at radius 1 is 1.48 bits per heavy atom. The lowest BCUT2D eigenvalue weighted by Gasteiger charge is -2.37. The minimum absolute atomic E-state index is 0.105. The van der Waals surface area contributed by atoms with Gasteiger partial charge in [0, 0.05) is 51.0 Å². The topological polar surface area (TPSA) is 53.4 Å². The van der Waals surface area contributed by atoms with Gasteiger partial charge in [-0.1, -0.05) is 0 Å². The monoisotopic (exact) mass is 291 g/mol. The number of likely N-dealkylation sites (tertiary alicyclic amines) is 1. The van der Waals surface area contributed by atoms with Gasteiger partial charge >= 0.3 is 6.03 Å². The number of aryl methyl sites for hydroxylation is 1. The van der Waals surface area contributed by atoms with Crippen molar-refractivity contribution in [3.8, 4) is 0 Å². The van der Waals surface area contributed by atoms with Gasteiger partial charge in [0.15, 0.2) is 0 Å². The quantitative estimate of drug-likeness (QED) is 0.894. The van der Waals surface area contributed by atoms with E-state index in [-0.39, 0.29) is 18.1 Å². The smallest absolute Gasteiger partial charge is 0.318 e. The van der Waals surface area contributed by atoms with Crippen LogP contribution in [-0.4, -0.2) is 63.4 Å². The number of nitrogens with zero attached hydrogens (tertiary/aromatic N) is 4. The zero-order chi connectivity index (χ0) is 15.0. The molecule has 0 bridgehead atoms. The van der Waals surface area contributed by atoms with Crippen molar-refractivity contribution in [3.63, 3.8) is 0 Å². The van der Waals surface area contributed by atoms with Crippen LogP contribution in [0.15, 0.2) is 12.3 Å². The maximum atomic E-state index is 12.1. The van der Waals surface area contributed by atoms with Crippen molar-refractivity contribution >= 4 is 6.03 Å². The Kier molecular flexibility index (Phi) is 3.89. The van der Waals surface area contributed by atoms with Crippen LogP contribution in [0.25, 0.3) is 0 Å². The molecule has 2 aliphatic heterocycles. The van der Waals surface area contributed by atoms with Crippen LogP contribution in [0.1, 0.15) is 26.0 Å². The molecule has 2 amide bonds. The number of aromatic nitrogens is 2. The van der Waals surface area contributed by atoms with E-state index in [1.54, 1.807) is 0 Å². The van der Waals surface area contributed by atoms with E-state index < -0.39 is 0 Å². The number of piperidine rings is 1. The highest BCUT2D eigenvalue weighted by molar-refractivity contribution is 5.78. The first-order valence-corrected chi connectivity index (χ1v) is 7.84. The predicted octanol–water partition coefficient (Wildman–Crippen LogP) is 0.839. The molecule has 0 radical (unpaired) electrons. The molecule has 6 nitrogen and oxygen atoms in total. The molecular formula is C15H25N5O. The highest BCUT2D eigenvalue weighted by Crippen LogP contribution is 2.24. The van der Waals surface area contributed by atoms with Crippen molar-refractivity contribution in [2.45, 2.75) is 44.8 Å². The van der Waals surface area contributed by atoms with Crippen LogP contribution in [0.4, 0.5) is 4.79 Å². The van der Waals surface area contributed by atoms with E-state index in [1.165, 1.54) is 5.69 Å². The van der Waals surface area contributed by atoms with Crippen molar-refractivity contribution in [2.24, 2.45) is 7.05 Å². The summed E-state index contributed by atoms with van der Waals surface area (Å²) >= 11 is 0. The van der Waals surface area contributed by atoms with Gasteiger partial charge < -0.3 is 15.1 Å². The Labute approximate surface area is 126 Å². The van der Waals surface area contributed by atoms with Crippen molar-refractivity contribution in [1.82, 2.24) is 24.9 Å². The molecule has 1 aromatic heterocycles. The van der Waals surface area contributed by atoms with E-state index in [4.69, 9.17) is 0 Å². The third-order valence-corrected chi connectivity index (χ3v) is 4.72. The van der Waals surface area contributed by atoms with E-state index >= 15 is 0 Å². The molecular weight excluding hydrogens is 266 g/mol. The van der Waals surface area contributed by atoms with Crippen LogP contribution in [0.3, 0.4) is 0 Å². The van der Waals surface area contributed by atoms with Crippen LogP contribution in [0.2, 0.25) is 0 Å². The molecule has 0 spiro atoms. The summed E-state index contributed by atoms with van der Waals surface area (Å²) in [6, 6.07) is 3.10. The number of carbonyl (C=O) groups is 1. The lowest BCUT2D eigenvalue weighted by atomic mass is 9.99. The highest BCUT2D eigenvalue weighted by Gasteiger charge is 2.43. The first-order valence-electron chi connectivity index (χ1n) is 7.84. The number of rotatable bonds is 4. The molecule has 21 heavy (non-hydrogen) atoms. The number of carbonyl (C=O) groups excluding carboxylic acids is 1. The molecule has 116 valence electrons. The summed E-state index contributed by atoms with van der Waals surface area (Å²) in [6.07, 6.45) is 3.92. The van der Waals surface area contributed by atoms with Crippen molar-refractivity contribution in [2.75, 3.05) is 19.6 Å². The Morgan fingerprint density at radius 2 is 2.29 bits per heavy atom. The first-order chi connectivity index (χ1) is 10.1. The minimum Gasteiger partial charge on any atom is -0.332 e. The number of urea groups is 1. The SMILES string of the molecule is CC(C)N1C(=O)N[C@@H]2CN(CCc3ccnn3C)CC[C@@H]21. The van der Waals surface area contributed by atoms with Crippen LogP contribution < -0.4 is 5.32 Å². The molecule has 1 N–H and O–H groups in total. The standard InChI is InChI=1S/C15H25N5O/c1-11(2)20-14-6-9-19(10-13(14)17-15(20)21)8-5-12-4-7-16-18(12)3/h4,7,11,13-14H,5-6,8-10H2,1-3H3,(H,17,21)/t13-,14+/m1/s1. The second-order valence-corrected chi connectivity index (χ2v) is 6.41. The van der Waals surface area contributed by atoms with Gasteiger partial charge in [-0.3, -0.25) is 4.68 Å². The maximum Gasteiger partial charge on any atom is 0.318 e. The molecule has 2 atom stereocenters. The van der Waals surface area contributed by atoms with Gasteiger partial charge in [-0.05, 0) is 26.3 Å². The van der Waals surface area contributed by atoms with E-state index in [0.717, 1.165) is 32.5 Å². The Morgan fingerprint density at radius 3 is 2.95 bits per heavy atom. The summed E-state index contributed by atoms with van der Waals surface area (Å²) in [7, 11) is 1.99. The second kappa shape index (κ2) is 5.67. The highest BCUT2D eigenvalue weighted by atomic mass is 16.2. The fourth-order valence-corrected chi connectivity index (χ4v) is 3.61. The van der Waals surface area contributed by atoms with E-state index in [9.17, 15) is 4.79 Å². The molecule has 2 aliphatic rings. The van der Waals surface area contributed by atoms with Crippen molar-refractivity contribution in [3.05, 3.63) is 18.0 Å². The average molecular weight is 291 g/mol. The summed E-state index contributed by atoms with van der Waals surface area (Å²) < 4.78 is 1.94. The van der Waals surface area contributed by atoms with Crippen molar-refractivity contribution in [1.29, 1.82) is 0 Å². The average Bonchev–Trinajstić information content (AvgIpc) is 2.98. The summed E-state index contributed by atoms with van der Waals surface area (Å²) in [5.74, 6) is 0.